The van der Waals surface area contributed by atoms with Crippen molar-refractivity contribution in [1.29, 1.82) is 0 Å². The summed E-state index contributed by atoms with van der Waals surface area (Å²) < 4.78 is 0. The molecule has 0 aromatic carbocycles. The summed E-state index contributed by atoms with van der Waals surface area (Å²) in [6.45, 7) is 5.60. The number of rotatable bonds is 6. The van der Waals surface area contributed by atoms with Crippen LogP contribution in [0.5, 0.6) is 0 Å². The van der Waals surface area contributed by atoms with Crippen LogP contribution in [0.1, 0.15) is 64.1 Å². The average Bonchev–Trinajstić information content (AvgIpc) is 2.49. The summed E-state index contributed by atoms with van der Waals surface area (Å²) in [4.78, 5) is 4.56. The summed E-state index contributed by atoms with van der Waals surface area (Å²) in [5, 5.41) is 4.43. The van der Waals surface area contributed by atoms with Gasteiger partial charge in [-0.2, -0.15) is 0 Å². The van der Waals surface area contributed by atoms with E-state index in [2.05, 4.69) is 30.2 Å². The van der Waals surface area contributed by atoms with Crippen molar-refractivity contribution >= 4 is 11.6 Å². The van der Waals surface area contributed by atoms with Gasteiger partial charge in [0.15, 0.2) is 0 Å². The lowest BCUT2D eigenvalue weighted by Gasteiger charge is -2.34. The summed E-state index contributed by atoms with van der Waals surface area (Å²) in [5.41, 5.74) is 1.16. The lowest BCUT2D eigenvalue weighted by Crippen LogP contribution is -2.32. The van der Waals surface area contributed by atoms with Gasteiger partial charge < -0.3 is 5.32 Å². The van der Waals surface area contributed by atoms with E-state index in [0.29, 0.717) is 12.0 Å². The Morgan fingerprint density at radius 1 is 1.35 bits per heavy atom. The predicted octanol–water partition coefficient (Wildman–Crippen LogP) is 4.99. The molecule has 0 saturated heterocycles. The minimum Gasteiger partial charge on any atom is -0.308 e. The maximum Gasteiger partial charge on any atom is 0.0589 e. The van der Waals surface area contributed by atoms with Gasteiger partial charge in [-0.3, -0.25) is 4.98 Å². The molecule has 1 N–H and O–H groups in total. The summed E-state index contributed by atoms with van der Waals surface area (Å²) in [6.07, 6.45) is 9.67. The Morgan fingerprint density at radius 3 is 2.85 bits per heavy atom. The molecular weight excluding hydrogens is 268 g/mol. The van der Waals surface area contributed by atoms with Crippen LogP contribution in [0.3, 0.4) is 0 Å². The van der Waals surface area contributed by atoms with Crippen LogP contribution < -0.4 is 5.32 Å². The van der Waals surface area contributed by atoms with E-state index in [9.17, 15) is 0 Å². The van der Waals surface area contributed by atoms with E-state index in [1.165, 1.54) is 32.1 Å². The number of hydrogen-bond acceptors (Lipinski definition) is 2. The number of halogens is 1. The van der Waals surface area contributed by atoms with E-state index in [0.717, 1.165) is 29.6 Å². The van der Waals surface area contributed by atoms with Crippen LogP contribution in [0.4, 0.5) is 0 Å². The molecule has 1 aliphatic carbocycles. The number of aromatic nitrogens is 1. The summed E-state index contributed by atoms with van der Waals surface area (Å²) in [5.74, 6) is 1.61. The minimum absolute atomic E-state index is 0.390. The van der Waals surface area contributed by atoms with Gasteiger partial charge in [-0.15, -0.1) is 0 Å². The molecule has 1 saturated carbocycles. The van der Waals surface area contributed by atoms with Gasteiger partial charge in [0.1, 0.15) is 0 Å². The normalized spacial score (nSPS) is 24.6. The van der Waals surface area contributed by atoms with Crippen molar-refractivity contribution in [3.05, 3.63) is 29.0 Å². The van der Waals surface area contributed by atoms with Gasteiger partial charge in [0.2, 0.25) is 0 Å². The summed E-state index contributed by atoms with van der Waals surface area (Å²) >= 11 is 5.97. The van der Waals surface area contributed by atoms with E-state index in [4.69, 9.17) is 11.6 Å². The second-order valence-electron chi connectivity index (χ2n) is 6.03. The molecule has 3 atom stereocenters. The standard InChI is InChI=1S/C17H27ClN2/c1-3-10-19-17(16-9-8-15(18)12-20-16)14-7-5-6-13(4-2)11-14/h8-9,12-14,17,19H,3-7,10-11H2,1-2H3. The Morgan fingerprint density at radius 2 is 2.20 bits per heavy atom. The highest BCUT2D eigenvalue weighted by atomic mass is 35.5. The minimum atomic E-state index is 0.390. The van der Waals surface area contributed by atoms with Crippen LogP contribution in [-0.2, 0) is 0 Å². The fraction of sp³-hybridized carbons (Fsp3) is 0.706. The monoisotopic (exact) mass is 294 g/mol. The number of hydrogen-bond donors (Lipinski definition) is 1. The van der Waals surface area contributed by atoms with Gasteiger partial charge in [-0.1, -0.05) is 44.7 Å². The maximum atomic E-state index is 5.97. The molecule has 3 unspecified atom stereocenters. The zero-order chi connectivity index (χ0) is 14.4. The maximum absolute atomic E-state index is 5.97. The van der Waals surface area contributed by atoms with Crippen LogP contribution in [0.2, 0.25) is 5.02 Å². The molecule has 1 fully saturated rings. The number of nitrogens with one attached hydrogen (secondary N) is 1. The quantitative estimate of drug-likeness (QED) is 0.799. The second-order valence-corrected chi connectivity index (χ2v) is 6.47. The smallest absolute Gasteiger partial charge is 0.0589 e. The third-order valence-corrected chi connectivity index (χ3v) is 4.78. The number of nitrogens with zero attached hydrogens (tertiary/aromatic N) is 1. The molecule has 1 aromatic heterocycles. The zero-order valence-electron chi connectivity index (χ0n) is 12.7. The van der Waals surface area contributed by atoms with Gasteiger partial charge in [-0.05, 0) is 49.8 Å². The highest BCUT2D eigenvalue weighted by Crippen LogP contribution is 2.38. The molecule has 0 radical (unpaired) electrons. The van der Waals surface area contributed by atoms with Crippen molar-refractivity contribution < 1.29 is 0 Å². The molecular formula is C17H27ClN2. The lowest BCUT2D eigenvalue weighted by atomic mass is 9.76. The topological polar surface area (TPSA) is 24.9 Å². The first-order chi connectivity index (χ1) is 9.74. The molecule has 112 valence electrons. The third kappa shape index (κ3) is 4.20. The van der Waals surface area contributed by atoms with Crippen LogP contribution in [0, 0.1) is 11.8 Å². The number of pyridine rings is 1. The van der Waals surface area contributed by atoms with E-state index < -0.39 is 0 Å². The fourth-order valence-electron chi connectivity index (χ4n) is 3.39. The van der Waals surface area contributed by atoms with Gasteiger partial charge in [0, 0.05) is 6.20 Å². The van der Waals surface area contributed by atoms with Crippen molar-refractivity contribution in [3.63, 3.8) is 0 Å². The van der Waals surface area contributed by atoms with Crippen molar-refractivity contribution in [2.45, 2.75) is 58.4 Å². The Bertz CT molecular complexity index is 390. The predicted molar refractivity (Wildman–Crippen MR) is 86.0 cm³/mol. The Kier molecular flexibility index (Phi) is 6.31. The van der Waals surface area contributed by atoms with E-state index in [-0.39, 0.29) is 0 Å². The third-order valence-electron chi connectivity index (χ3n) is 4.56. The van der Waals surface area contributed by atoms with Crippen LogP contribution in [0.15, 0.2) is 18.3 Å². The van der Waals surface area contributed by atoms with Gasteiger partial charge in [0.25, 0.3) is 0 Å². The van der Waals surface area contributed by atoms with Crippen molar-refractivity contribution in [3.8, 4) is 0 Å². The molecule has 3 heteroatoms. The van der Waals surface area contributed by atoms with Crippen LogP contribution >= 0.6 is 11.6 Å². The van der Waals surface area contributed by atoms with Crippen LogP contribution in [0.25, 0.3) is 0 Å². The van der Waals surface area contributed by atoms with Gasteiger partial charge in [0.05, 0.1) is 16.8 Å². The van der Waals surface area contributed by atoms with E-state index in [1.54, 1.807) is 6.20 Å². The van der Waals surface area contributed by atoms with Crippen molar-refractivity contribution in [2.24, 2.45) is 11.8 Å². The first kappa shape index (κ1) is 15.8. The fourth-order valence-corrected chi connectivity index (χ4v) is 3.50. The highest BCUT2D eigenvalue weighted by Gasteiger charge is 2.29. The largest absolute Gasteiger partial charge is 0.308 e. The molecule has 0 bridgehead atoms. The summed E-state index contributed by atoms with van der Waals surface area (Å²) in [7, 11) is 0. The Hall–Kier alpha value is -0.600. The van der Waals surface area contributed by atoms with Crippen LogP contribution in [-0.4, -0.2) is 11.5 Å². The molecule has 2 nitrogen and oxygen atoms in total. The SMILES string of the molecule is CCCNC(c1ccc(Cl)cn1)C1CCCC(CC)C1. The molecule has 2 rings (SSSR count). The van der Waals surface area contributed by atoms with Crippen molar-refractivity contribution in [1.82, 2.24) is 10.3 Å². The van der Waals surface area contributed by atoms with Crippen molar-refractivity contribution in [2.75, 3.05) is 6.54 Å². The average molecular weight is 295 g/mol. The van der Waals surface area contributed by atoms with Gasteiger partial charge in [-0.25, -0.2) is 0 Å². The van der Waals surface area contributed by atoms with Gasteiger partial charge >= 0.3 is 0 Å². The molecule has 20 heavy (non-hydrogen) atoms. The Labute approximate surface area is 128 Å². The molecule has 0 spiro atoms. The second kappa shape index (κ2) is 7.99. The molecule has 1 aromatic rings. The summed E-state index contributed by atoms with van der Waals surface area (Å²) in [6, 6.07) is 4.44. The molecule has 0 aliphatic heterocycles. The molecule has 1 aliphatic rings. The Balaban J connectivity index is 2.11. The highest BCUT2D eigenvalue weighted by molar-refractivity contribution is 6.30. The van der Waals surface area contributed by atoms with E-state index in [1.807, 2.05) is 6.07 Å². The van der Waals surface area contributed by atoms with E-state index >= 15 is 0 Å². The zero-order valence-corrected chi connectivity index (χ0v) is 13.5. The lowest BCUT2D eigenvalue weighted by molar-refractivity contribution is 0.207. The molecule has 1 heterocycles. The first-order valence-electron chi connectivity index (χ1n) is 8.09. The first-order valence-corrected chi connectivity index (χ1v) is 8.47. The molecule has 0 amide bonds.